The zero-order chi connectivity index (χ0) is 18.0. The molecule has 0 unspecified atom stereocenters. The SMILES string of the molecule is COc1cc(O)c2c(=O)c3c(OC)cc4c(c3oc2c1)[C@H]1C=CO[C@H]1O4. The molecule has 132 valence electrons. The van der Waals surface area contributed by atoms with Gasteiger partial charge in [0.25, 0.3) is 6.29 Å². The van der Waals surface area contributed by atoms with Crippen LogP contribution < -0.4 is 19.6 Å². The van der Waals surface area contributed by atoms with Gasteiger partial charge in [-0.2, -0.15) is 0 Å². The second kappa shape index (κ2) is 5.08. The van der Waals surface area contributed by atoms with Crippen molar-refractivity contribution in [1.29, 1.82) is 0 Å². The Bertz CT molecular complexity index is 1160. The van der Waals surface area contributed by atoms with Crippen LogP contribution in [0.25, 0.3) is 21.9 Å². The van der Waals surface area contributed by atoms with Crippen LogP contribution in [-0.2, 0) is 4.74 Å². The van der Waals surface area contributed by atoms with Crippen LogP contribution in [0.4, 0.5) is 0 Å². The van der Waals surface area contributed by atoms with E-state index in [1.165, 1.54) is 20.3 Å². The smallest absolute Gasteiger partial charge is 0.250 e. The van der Waals surface area contributed by atoms with Crippen LogP contribution in [0.2, 0.25) is 0 Å². The maximum absolute atomic E-state index is 13.1. The van der Waals surface area contributed by atoms with E-state index in [2.05, 4.69) is 0 Å². The highest BCUT2D eigenvalue weighted by atomic mass is 16.7. The highest BCUT2D eigenvalue weighted by molar-refractivity contribution is 5.99. The molecule has 26 heavy (non-hydrogen) atoms. The predicted octanol–water partition coefficient (Wildman–Crippen LogP) is 3.02. The van der Waals surface area contributed by atoms with Gasteiger partial charge < -0.3 is 28.5 Å². The van der Waals surface area contributed by atoms with Gasteiger partial charge in [-0.3, -0.25) is 4.79 Å². The van der Waals surface area contributed by atoms with E-state index in [-0.39, 0.29) is 33.5 Å². The molecule has 0 spiro atoms. The molecule has 2 aliphatic rings. The summed E-state index contributed by atoms with van der Waals surface area (Å²) in [5.74, 6) is 0.848. The van der Waals surface area contributed by atoms with E-state index in [1.54, 1.807) is 18.4 Å². The summed E-state index contributed by atoms with van der Waals surface area (Å²) in [5.41, 5.74) is 0.918. The van der Waals surface area contributed by atoms with Gasteiger partial charge in [0.15, 0.2) is 0 Å². The fourth-order valence-electron chi connectivity index (χ4n) is 3.60. The van der Waals surface area contributed by atoms with E-state index in [4.69, 9.17) is 23.4 Å². The van der Waals surface area contributed by atoms with Crippen molar-refractivity contribution < 1.29 is 28.5 Å². The summed E-state index contributed by atoms with van der Waals surface area (Å²) in [7, 11) is 2.93. The van der Waals surface area contributed by atoms with Crippen LogP contribution in [-0.4, -0.2) is 25.6 Å². The zero-order valence-corrected chi connectivity index (χ0v) is 13.9. The van der Waals surface area contributed by atoms with Crippen LogP contribution in [0, 0.1) is 0 Å². The van der Waals surface area contributed by atoms with Gasteiger partial charge in [0.05, 0.1) is 32.0 Å². The summed E-state index contributed by atoms with van der Waals surface area (Å²) in [6, 6.07) is 4.59. The van der Waals surface area contributed by atoms with Crippen molar-refractivity contribution in [1.82, 2.24) is 0 Å². The minimum atomic E-state index is -0.486. The Kier molecular flexibility index (Phi) is 2.92. The molecule has 0 saturated carbocycles. The summed E-state index contributed by atoms with van der Waals surface area (Å²) in [6.07, 6.45) is 2.94. The number of methoxy groups -OCH3 is 2. The third kappa shape index (κ3) is 1.79. The molecule has 5 rings (SSSR count). The van der Waals surface area contributed by atoms with Crippen LogP contribution in [0.1, 0.15) is 11.5 Å². The molecule has 7 heteroatoms. The van der Waals surface area contributed by atoms with E-state index in [0.29, 0.717) is 22.8 Å². The summed E-state index contributed by atoms with van der Waals surface area (Å²) < 4.78 is 27.8. The van der Waals surface area contributed by atoms with Gasteiger partial charge in [0.2, 0.25) is 5.43 Å². The molecule has 2 atom stereocenters. The molecule has 1 aromatic heterocycles. The van der Waals surface area contributed by atoms with E-state index in [1.807, 2.05) is 6.08 Å². The first kappa shape index (κ1) is 14.9. The summed E-state index contributed by atoms with van der Waals surface area (Å²) in [6.45, 7) is 0. The van der Waals surface area contributed by atoms with Gasteiger partial charge in [0.1, 0.15) is 44.9 Å². The number of aromatic hydroxyl groups is 1. The lowest BCUT2D eigenvalue weighted by molar-refractivity contribution is -0.00484. The minimum Gasteiger partial charge on any atom is -0.507 e. The molecule has 2 aromatic carbocycles. The predicted molar refractivity (Wildman–Crippen MR) is 92.1 cm³/mol. The van der Waals surface area contributed by atoms with Gasteiger partial charge >= 0.3 is 0 Å². The molecule has 0 fully saturated rings. The number of ether oxygens (including phenoxy) is 4. The number of rotatable bonds is 2. The highest BCUT2D eigenvalue weighted by Gasteiger charge is 2.40. The second-order valence-corrected chi connectivity index (χ2v) is 6.12. The average molecular weight is 354 g/mol. The summed E-state index contributed by atoms with van der Waals surface area (Å²) in [4.78, 5) is 13.1. The van der Waals surface area contributed by atoms with Crippen molar-refractivity contribution in [2.75, 3.05) is 14.2 Å². The number of hydrogen-bond acceptors (Lipinski definition) is 7. The Morgan fingerprint density at radius 3 is 2.73 bits per heavy atom. The lowest BCUT2D eigenvalue weighted by atomic mass is 9.97. The normalized spacial score (nSPS) is 19.9. The monoisotopic (exact) mass is 354 g/mol. The number of benzene rings is 2. The second-order valence-electron chi connectivity index (χ2n) is 6.12. The molecule has 0 saturated heterocycles. The van der Waals surface area contributed by atoms with Crippen molar-refractivity contribution >= 4 is 21.9 Å². The van der Waals surface area contributed by atoms with Gasteiger partial charge in [-0.1, -0.05) is 0 Å². The van der Waals surface area contributed by atoms with Crippen LogP contribution in [0.3, 0.4) is 0 Å². The van der Waals surface area contributed by atoms with Crippen molar-refractivity contribution in [2.45, 2.75) is 12.2 Å². The zero-order valence-electron chi connectivity index (χ0n) is 13.9. The van der Waals surface area contributed by atoms with Gasteiger partial charge in [-0.15, -0.1) is 0 Å². The Balaban J connectivity index is 1.96. The van der Waals surface area contributed by atoms with Crippen molar-refractivity contribution in [3.05, 3.63) is 46.3 Å². The number of phenolic OH excluding ortho intramolecular Hbond substituents is 1. The fraction of sp³-hybridized carbons (Fsp3) is 0.211. The van der Waals surface area contributed by atoms with E-state index in [9.17, 15) is 9.90 Å². The molecule has 1 N–H and O–H groups in total. The van der Waals surface area contributed by atoms with Crippen LogP contribution in [0.5, 0.6) is 23.0 Å². The molecule has 3 heterocycles. The maximum Gasteiger partial charge on any atom is 0.250 e. The Hall–Kier alpha value is -3.35. The van der Waals surface area contributed by atoms with Crippen LogP contribution >= 0.6 is 0 Å². The molecular formula is C19H14O7. The lowest BCUT2D eigenvalue weighted by Gasteiger charge is -2.12. The first-order chi connectivity index (χ1) is 12.6. The molecule has 7 nitrogen and oxygen atoms in total. The van der Waals surface area contributed by atoms with Crippen molar-refractivity contribution in [3.8, 4) is 23.0 Å². The molecule has 0 aliphatic carbocycles. The molecule has 3 aromatic rings. The van der Waals surface area contributed by atoms with Gasteiger partial charge in [-0.25, -0.2) is 0 Å². The highest BCUT2D eigenvalue weighted by Crippen LogP contribution is 2.49. The lowest BCUT2D eigenvalue weighted by Crippen LogP contribution is -2.14. The Labute approximate surface area is 146 Å². The molecule has 0 bridgehead atoms. The summed E-state index contributed by atoms with van der Waals surface area (Å²) in [5, 5.41) is 10.6. The largest absolute Gasteiger partial charge is 0.507 e. The summed E-state index contributed by atoms with van der Waals surface area (Å²) >= 11 is 0. The van der Waals surface area contributed by atoms with Crippen LogP contribution in [0.15, 0.2) is 39.7 Å². The van der Waals surface area contributed by atoms with E-state index in [0.717, 1.165) is 5.56 Å². The minimum absolute atomic E-state index is 0.0743. The quantitative estimate of drug-likeness (QED) is 0.708. The maximum atomic E-state index is 13.1. The van der Waals surface area contributed by atoms with Gasteiger partial charge in [-0.05, 0) is 6.08 Å². The number of hydrogen-bond donors (Lipinski definition) is 1. The molecule has 2 aliphatic heterocycles. The van der Waals surface area contributed by atoms with Crippen molar-refractivity contribution in [2.24, 2.45) is 0 Å². The Morgan fingerprint density at radius 2 is 1.96 bits per heavy atom. The number of fused-ring (bicyclic) bond motifs is 6. The van der Waals surface area contributed by atoms with Crippen molar-refractivity contribution in [3.63, 3.8) is 0 Å². The topological polar surface area (TPSA) is 87.4 Å². The molecular weight excluding hydrogens is 340 g/mol. The third-order valence-electron chi connectivity index (χ3n) is 4.79. The van der Waals surface area contributed by atoms with E-state index < -0.39 is 6.29 Å². The fourth-order valence-corrected chi connectivity index (χ4v) is 3.60. The number of phenols is 1. The van der Waals surface area contributed by atoms with Gasteiger partial charge in [0, 0.05) is 18.2 Å². The van der Waals surface area contributed by atoms with E-state index >= 15 is 0 Å². The first-order valence-corrected chi connectivity index (χ1v) is 7.99. The third-order valence-corrected chi connectivity index (χ3v) is 4.79. The Morgan fingerprint density at radius 1 is 1.12 bits per heavy atom. The standard InChI is InChI=1S/C19H14O7/c1-22-8-5-10(20)15-12(6-8)25-18-14-9-3-4-24-19(9)26-13(14)7-11(23-2)16(18)17(15)21/h3-7,9,19-20H,1-2H3/t9-,19+/m1/s1. The average Bonchev–Trinajstić information content (AvgIpc) is 3.20. The molecule has 0 radical (unpaired) electrons. The first-order valence-electron chi connectivity index (χ1n) is 7.99. The molecule has 0 amide bonds.